The molecular weight excluding hydrogens is 226 g/mol. The average molecular weight is 239 g/mol. The minimum atomic E-state index is -0.539. The van der Waals surface area contributed by atoms with Gasteiger partial charge in [-0.05, 0) is 17.7 Å². The first-order valence-corrected chi connectivity index (χ1v) is 4.74. The summed E-state index contributed by atoms with van der Waals surface area (Å²) in [6.45, 7) is 0. The lowest BCUT2D eigenvalue weighted by atomic mass is 10.2. The third-order valence-electron chi connectivity index (χ3n) is 2.08. The summed E-state index contributed by atoms with van der Waals surface area (Å²) in [4.78, 5) is 9.70. The summed E-state index contributed by atoms with van der Waals surface area (Å²) >= 11 is 0. The van der Waals surface area contributed by atoms with Crippen molar-refractivity contribution in [3.63, 3.8) is 0 Å². The molecule has 0 aliphatic rings. The summed E-state index contributed by atoms with van der Waals surface area (Å²) in [6, 6.07) is 3.25. The van der Waals surface area contributed by atoms with E-state index in [0.29, 0.717) is 22.8 Å². The number of hydrogen-bond donors (Lipinski definition) is 0. The predicted molar refractivity (Wildman–Crippen MR) is 62.1 cm³/mol. The second-order valence-corrected chi connectivity index (χ2v) is 3.06. The van der Waals surface area contributed by atoms with Crippen molar-refractivity contribution >= 4 is 6.08 Å². The van der Waals surface area contributed by atoms with Crippen LogP contribution in [0.25, 0.3) is 6.08 Å². The molecule has 0 spiro atoms. The molecule has 17 heavy (non-hydrogen) atoms. The normalized spacial score (nSPS) is 10.3. The van der Waals surface area contributed by atoms with Gasteiger partial charge in [-0.1, -0.05) is 0 Å². The van der Waals surface area contributed by atoms with Gasteiger partial charge < -0.3 is 14.2 Å². The van der Waals surface area contributed by atoms with Crippen LogP contribution in [0.1, 0.15) is 5.56 Å². The molecule has 0 fully saturated rings. The number of methoxy groups -OCH3 is 3. The van der Waals surface area contributed by atoms with Gasteiger partial charge in [-0.3, -0.25) is 10.1 Å². The molecule has 1 aromatic carbocycles. The van der Waals surface area contributed by atoms with Crippen LogP contribution in [0.3, 0.4) is 0 Å². The van der Waals surface area contributed by atoms with Crippen LogP contribution >= 0.6 is 0 Å². The zero-order chi connectivity index (χ0) is 12.8. The van der Waals surface area contributed by atoms with Gasteiger partial charge in [-0.2, -0.15) is 0 Å². The Morgan fingerprint density at radius 3 is 2.00 bits per heavy atom. The number of benzene rings is 1. The van der Waals surface area contributed by atoms with Gasteiger partial charge in [0.2, 0.25) is 11.9 Å². The monoisotopic (exact) mass is 239 g/mol. The van der Waals surface area contributed by atoms with Gasteiger partial charge in [0.05, 0.1) is 26.3 Å². The topological polar surface area (TPSA) is 70.8 Å². The van der Waals surface area contributed by atoms with Crippen LogP contribution in [0.4, 0.5) is 0 Å². The Balaban J connectivity index is 3.22. The second kappa shape index (κ2) is 5.74. The second-order valence-electron chi connectivity index (χ2n) is 3.06. The molecule has 0 aliphatic carbocycles. The Hall–Kier alpha value is -2.24. The highest BCUT2D eigenvalue weighted by Crippen LogP contribution is 2.38. The van der Waals surface area contributed by atoms with Gasteiger partial charge in [0.15, 0.2) is 11.5 Å². The first-order valence-electron chi connectivity index (χ1n) is 4.74. The van der Waals surface area contributed by atoms with Gasteiger partial charge in [-0.25, -0.2) is 0 Å². The summed E-state index contributed by atoms with van der Waals surface area (Å²) in [5, 5.41) is 10.2. The molecule has 0 saturated heterocycles. The van der Waals surface area contributed by atoms with Crippen LogP contribution in [-0.2, 0) is 0 Å². The van der Waals surface area contributed by atoms with E-state index in [0.717, 1.165) is 6.20 Å². The van der Waals surface area contributed by atoms with Gasteiger partial charge in [0, 0.05) is 6.08 Å². The van der Waals surface area contributed by atoms with Crippen molar-refractivity contribution in [3.8, 4) is 17.2 Å². The Labute approximate surface area is 98.6 Å². The molecule has 0 N–H and O–H groups in total. The summed E-state index contributed by atoms with van der Waals surface area (Å²) in [7, 11) is 4.46. The molecule has 0 heterocycles. The SMILES string of the molecule is COc1cc(/C=C\[N+](=O)[O-])cc(OC)c1OC. The zero-order valence-electron chi connectivity index (χ0n) is 9.80. The van der Waals surface area contributed by atoms with Crippen molar-refractivity contribution in [2.24, 2.45) is 0 Å². The van der Waals surface area contributed by atoms with Crippen LogP contribution in [0.2, 0.25) is 0 Å². The van der Waals surface area contributed by atoms with E-state index in [1.807, 2.05) is 0 Å². The molecule has 0 unspecified atom stereocenters. The van der Waals surface area contributed by atoms with E-state index in [1.54, 1.807) is 12.1 Å². The highest BCUT2D eigenvalue weighted by atomic mass is 16.6. The highest BCUT2D eigenvalue weighted by molar-refractivity contribution is 5.61. The molecule has 6 nitrogen and oxygen atoms in total. The van der Waals surface area contributed by atoms with Crippen molar-refractivity contribution in [1.29, 1.82) is 0 Å². The summed E-state index contributed by atoms with van der Waals surface area (Å²) in [5.74, 6) is 1.36. The van der Waals surface area contributed by atoms with Crippen LogP contribution in [-0.4, -0.2) is 26.3 Å². The molecule has 0 radical (unpaired) electrons. The Morgan fingerprint density at radius 1 is 1.12 bits per heavy atom. The van der Waals surface area contributed by atoms with Gasteiger partial charge >= 0.3 is 0 Å². The predicted octanol–water partition coefficient (Wildman–Crippen LogP) is 1.96. The molecular formula is C11H13NO5. The van der Waals surface area contributed by atoms with E-state index >= 15 is 0 Å². The third kappa shape index (κ3) is 3.10. The molecule has 0 atom stereocenters. The fourth-order valence-corrected chi connectivity index (χ4v) is 1.34. The molecule has 6 heteroatoms. The molecule has 0 saturated carbocycles. The standard InChI is InChI=1S/C11H13NO5/c1-15-9-6-8(4-5-12(13)14)7-10(16-2)11(9)17-3/h4-7H,1-3H3/b5-4-. The maximum atomic E-state index is 10.2. The number of nitrogens with zero attached hydrogens (tertiary/aromatic N) is 1. The zero-order valence-corrected chi connectivity index (χ0v) is 9.80. The van der Waals surface area contributed by atoms with Crippen LogP contribution in [0.15, 0.2) is 18.3 Å². The van der Waals surface area contributed by atoms with Gasteiger partial charge in [-0.15, -0.1) is 0 Å². The van der Waals surface area contributed by atoms with Crippen LogP contribution in [0.5, 0.6) is 17.2 Å². The molecule has 1 rings (SSSR count). The van der Waals surface area contributed by atoms with Crippen LogP contribution < -0.4 is 14.2 Å². The third-order valence-corrected chi connectivity index (χ3v) is 2.08. The maximum absolute atomic E-state index is 10.2. The first-order chi connectivity index (χ1) is 8.12. The van der Waals surface area contributed by atoms with E-state index in [1.165, 1.54) is 27.4 Å². The van der Waals surface area contributed by atoms with Crippen molar-refractivity contribution in [3.05, 3.63) is 34.0 Å². The molecule has 0 amide bonds. The lowest BCUT2D eigenvalue weighted by Crippen LogP contribution is -1.95. The van der Waals surface area contributed by atoms with E-state index < -0.39 is 4.92 Å². The lowest BCUT2D eigenvalue weighted by Gasteiger charge is -2.12. The number of nitro groups is 1. The fraction of sp³-hybridized carbons (Fsp3) is 0.273. The Kier molecular flexibility index (Phi) is 4.33. The Bertz CT molecular complexity index is 416. The molecule has 1 aromatic rings. The Morgan fingerprint density at radius 2 is 1.65 bits per heavy atom. The van der Waals surface area contributed by atoms with Crippen molar-refractivity contribution in [1.82, 2.24) is 0 Å². The van der Waals surface area contributed by atoms with Gasteiger partial charge in [0.25, 0.3) is 0 Å². The summed E-state index contributed by atoms with van der Waals surface area (Å²) < 4.78 is 15.4. The minimum Gasteiger partial charge on any atom is -0.493 e. The fourth-order valence-electron chi connectivity index (χ4n) is 1.34. The highest BCUT2D eigenvalue weighted by Gasteiger charge is 2.12. The number of rotatable bonds is 5. The maximum Gasteiger partial charge on any atom is 0.235 e. The average Bonchev–Trinajstić information content (AvgIpc) is 2.34. The van der Waals surface area contributed by atoms with E-state index in [4.69, 9.17) is 14.2 Å². The van der Waals surface area contributed by atoms with E-state index in [2.05, 4.69) is 0 Å². The number of hydrogen-bond acceptors (Lipinski definition) is 5. The van der Waals surface area contributed by atoms with Gasteiger partial charge in [0.1, 0.15) is 0 Å². The minimum absolute atomic E-state index is 0.452. The summed E-state index contributed by atoms with van der Waals surface area (Å²) in [6.07, 6.45) is 2.20. The first kappa shape index (κ1) is 12.8. The van der Waals surface area contributed by atoms with E-state index in [9.17, 15) is 10.1 Å². The molecule has 92 valence electrons. The quantitative estimate of drug-likeness (QED) is 0.580. The summed E-state index contributed by atoms with van der Waals surface area (Å²) in [5.41, 5.74) is 0.594. The lowest BCUT2D eigenvalue weighted by molar-refractivity contribution is -0.400. The molecule has 0 bridgehead atoms. The van der Waals surface area contributed by atoms with Crippen molar-refractivity contribution < 1.29 is 19.1 Å². The molecule has 0 aliphatic heterocycles. The van der Waals surface area contributed by atoms with Crippen molar-refractivity contribution in [2.45, 2.75) is 0 Å². The van der Waals surface area contributed by atoms with Crippen molar-refractivity contribution in [2.75, 3.05) is 21.3 Å². The van der Waals surface area contributed by atoms with E-state index in [-0.39, 0.29) is 0 Å². The molecule has 0 aromatic heterocycles. The van der Waals surface area contributed by atoms with Crippen LogP contribution in [0, 0.1) is 10.1 Å². The largest absolute Gasteiger partial charge is 0.493 e. The number of ether oxygens (including phenoxy) is 3. The smallest absolute Gasteiger partial charge is 0.235 e.